The number of hydrogen-bond acceptors (Lipinski definition) is 3. The second-order valence-electron chi connectivity index (χ2n) is 6.74. The molecule has 132 valence electrons. The van der Waals surface area contributed by atoms with Crippen LogP contribution in [0.4, 0.5) is 18.9 Å². The molecule has 1 saturated heterocycles. The van der Waals surface area contributed by atoms with E-state index in [0.717, 1.165) is 6.42 Å². The Balaban J connectivity index is 1.69. The van der Waals surface area contributed by atoms with Crippen LogP contribution in [0.15, 0.2) is 24.3 Å². The summed E-state index contributed by atoms with van der Waals surface area (Å²) in [7, 11) is 0. The zero-order valence-electron chi connectivity index (χ0n) is 13.3. The topological polar surface area (TPSA) is 49.8 Å². The molecule has 3 atom stereocenters. The van der Waals surface area contributed by atoms with E-state index in [1.807, 2.05) is 6.92 Å². The molecule has 7 heteroatoms. The van der Waals surface area contributed by atoms with Crippen LogP contribution in [0.5, 0.6) is 5.75 Å². The Labute approximate surface area is 138 Å². The smallest absolute Gasteiger partial charge is 0.406 e. The molecule has 1 heterocycles. The van der Waals surface area contributed by atoms with E-state index in [9.17, 15) is 23.1 Å². The number of fused-ring (bicyclic) bond motifs is 1. The van der Waals surface area contributed by atoms with E-state index in [-0.39, 0.29) is 23.5 Å². The van der Waals surface area contributed by atoms with E-state index in [2.05, 4.69) is 4.74 Å². The molecule has 1 saturated carbocycles. The van der Waals surface area contributed by atoms with Crippen molar-refractivity contribution in [3.8, 4) is 5.75 Å². The van der Waals surface area contributed by atoms with Gasteiger partial charge in [-0.1, -0.05) is 13.3 Å². The maximum Gasteiger partial charge on any atom is 0.573 e. The Morgan fingerprint density at radius 1 is 1.29 bits per heavy atom. The number of rotatable bonds is 4. The minimum Gasteiger partial charge on any atom is -0.406 e. The first-order valence-corrected chi connectivity index (χ1v) is 8.10. The van der Waals surface area contributed by atoms with Gasteiger partial charge in [0.25, 0.3) is 0 Å². The SMILES string of the molecule is CCCC1(O)CC2CN(c3ccc(OC(F)(F)F)cc3)C(=O)C2C1. The minimum atomic E-state index is -4.73. The lowest BCUT2D eigenvalue weighted by Crippen LogP contribution is -2.32. The van der Waals surface area contributed by atoms with Gasteiger partial charge in [0.15, 0.2) is 0 Å². The summed E-state index contributed by atoms with van der Waals surface area (Å²) in [5, 5.41) is 10.5. The molecule has 1 N–H and O–H groups in total. The van der Waals surface area contributed by atoms with E-state index >= 15 is 0 Å². The van der Waals surface area contributed by atoms with Crippen molar-refractivity contribution >= 4 is 11.6 Å². The molecule has 3 rings (SSSR count). The predicted molar refractivity (Wildman–Crippen MR) is 81.5 cm³/mol. The Kier molecular flexibility index (Phi) is 4.23. The van der Waals surface area contributed by atoms with Crippen molar-refractivity contribution in [3.05, 3.63) is 24.3 Å². The number of carbonyl (C=O) groups is 1. The maximum atomic E-state index is 12.6. The molecule has 1 aromatic rings. The van der Waals surface area contributed by atoms with Crippen molar-refractivity contribution in [2.75, 3.05) is 11.4 Å². The van der Waals surface area contributed by atoms with Gasteiger partial charge >= 0.3 is 6.36 Å². The lowest BCUT2D eigenvalue weighted by atomic mass is 9.94. The van der Waals surface area contributed by atoms with Gasteiger partial charge in [-0.25, -0.2) is 0 Å². The first kappa shape index (κ1) is 17.1. The number of amides is 1. The Morgan fingerprint density at radius 2 is 1.96 bits per heavy atom. The third-order valence-corrected chi connectivity index (χ3v) is 4.91. The summed E-state index contributed by atoms with van der Waals surface area (Å²) in [5.74, 6) is -0.472. The number of benzene rings is 1. The number of aliphatic hydroxyl groups is 1. The second-order valence-corrected chi connectivity index (χ2v) is 6.74. The van der Waals surface area contributed by atoms with Crippen LogP contribution < -0.4 is 9.64 Å². The molecule has 0 spiro atoms. The molecule has 4 nitrogen and oxygen atoms in total. The Hall–Kier alpha value is -1.76. The van der Waals surface area contributed by atoms with Gasteiger partial charge in [-0.3, -0.25) is 4.79 Å². The number of anilines is 1. The van der Waals surface area contributed by atoms with Crippen LogP contribution in [-0.4, -0.2) is 29.5 Å². The summed E-state index contributed by atoms with van der Waals surface area (Å²) >= 11 is 0. The highest BCUT2D eigenvalue weighted by Gasteiger charge is 2.52. The van der Waals surface area contributed by atoms with Gasteiger partial charge in [0.2, 0.25) is 5.91 Å². The molecule has 1 aliphatic heterocycles. The fourth-order valence-electron chi connectivity index (χ4n) is 4.02. The van der Waals surface area contributed by atoms with Gasteiger partial charge in [-0.05, 0) is 49.4 Å². The second kappa shape index (κ2) is 5.95. The van der Waals surface area contributed by atoms with Gasteiger partial charge in [0, 0.05) is 18.2 Å². The van der Waals surface area contributed by atoms with Crippen LogP contribution in [0.3, 0.4) is 0 Å². The first-order valence-electron chi connectivity index (χ1n) is 8.10. The van der Waals surface area contributed by atoms with Crippen molar-refractivity contribution in [3.63, 3.8) is 0 Å². The van der Waals surface area contributed by atoms with Crippen LogP contribution in [0.2, 0.25) is 0 Å². The highest BCUT2D eigenvalue weighted by atomic mass is 19.4. The average molecular weight is 343 g/mol. The predicted octanol–water partition coefficient (Wildman–Crippen LogP) is 3.49. The summed E-state index contributed by atoms with van der Waals surface area (Å²) in [6.45, 7) is 2.50. The van der Waals surface area contributed by atoms with Gasteiger partial charge in [-0.2, -0.15) is 0 Å². The van der Waals surface area contributed by atoms with Crippen LogP contribution in [0, 0.1) is 11.8 Å². The van der Waals surface area contributed by atoms with Crippen LogP contribution in [-0.2, 0) is 4.79 Å². The third-order valence-electron chi connectivity index (χ3n) is 4.91. The van der Waals surface area contributed by atoms with Crippen molar-refractivity contribution in [2.45, 2.75) is 44.6 Å². The van der Waals surface area contributed by atoms with Gasteiger partial charge in [-0.15, -0.1) is 13.2 Å². The highest BCUT2D eigenvalue weighted by molar-refractivity contribution is 5.98. The molecule has 2 fully saturated rings. The molecule has 3 unspecified atom stereocenters. The summed E-state index contributed by atoms with van der Waals surface area (Å²) in [6.07, 6.45) is -2.10. The van der Waals surface area contributed by atoms with Crippen LogP contribution in [0.25, 0.3) is 0 Å². The number of halogens is 3. The molecule has 24 heavy (non-hydrogen) atoms. The fraction of sp³-hybridized carbons (Fsp3) is 0.588. The first-order chi connectivity index (χ1) is 11.2. The standard InChI is InChI=1S/C17H20F3NO3/c1-2-7-16(23)8-11-10-21(15(22)14(11)9-16)12-3-5-13(6-4-12)24-17(18,19)20/h3-6,11,14,23H,2,7-10H2,1H3. The minimum absolute atomic E-state index is 0.0588. The average Bonchev–Trinajstić information content (AvgIpc) is 2.94. The lowest BCUT2D eigenvalue weighted by molar-refractivity contribution is -0.274. The number of hydrogen-bond donors (Lipinski definition) is 1. The van der Waals surface area contributed by atoms with E-state index in [1.54, 1.807) is 4.90 Å². The van der Waals surface area contributed by atoms with E-state index in [4.69, 9.17) is 0 Å². The van der Waals surface area contributed by atoms with Crippen LogP contribution >= 0.6 is 0 Å². The Bertz CT molecular complexity index is 617. The molecule has 0 bridgehead atoms. The summed E-state index contributed by atoms with van der Waals surface area (Å²) in [6, 6.07) is 5.33. The maximum absolute atomic E-state index is 12.6. The molecule has 1 aromatic carbocycles. The van der Waals surface area contributed by atoms with Crippen molar-refractivity contribution < 1.29 is 27.8 Å². The number of ether oxygens (including phenoxy) is 1. The van der Waals surface area contributed by atoms with Gasteiger partial charge in [0.05, 0.1) is 5.60 Å². The summed E-state index contributed by atoms with van der Waals surface area (Å²) < 4.78 is 40.4. The highest BCUT2D eigenvalue weighted by Crippen LogP contribution is 2.47. The van der Waals surface area contributed by atoms with E-state index in [0.29, 0.717) is 31.5 Å². The fourth-order valence-corrected chi connectivity index (χ4v) is 4.02. The summed E-state index contributed by atoms with van der Waals surface area (Å²) in [5.41, 5.74) is -0.195. The van der Waals surface area contributed by atoms with Crippen molar-refractivity contribution in [1.82, 2.24) is 0 Å². The molecular formula is C17H20F3NO3. The number of alkyl halides is 3. The van der Waals surface area contributed by atoms with E-state index in [1.165, 1.54) is 24.3 Å². The molecule has 1 amide bonds. The van der Waals surface area contributed by atoms with Crippen molar-refractivity contribution in [1.29, 1.82) is 0 Å². The molecular weight excluding hydrogens is 323 g/mol. The molecule has 0 aromatic heterocycles. The number of carbonyl (C=O) groups excluding carboxylic acids is 1. The largest absolute Gasteiger partial charge is 0.573 e. The normalized spacial score (nSPS) is 29.9. The summed E-state index contributed by atoms with van der Waals surface area (Å²) in [4.78, 5) is 14.2. The zero-order chi connectivity index (χ0) is 17.5. The van der Waals surface area contributed by atoms with Gasteiger partial charge < -0.3 is 14.7 Å². The molecule has 0 radical (unpaired) electrons. The quantitative estimate of drug-likeness (QED) is 0.910. The lowest BCUT2D eigenvalue weighted by Gasteiger charge is -2.25. The van der Waals surface area contributed by atoms with Crippen molar-refractivity contribution in [2.24, 2.45) is 11.8 Å². The Morgan fingerprint density at radius 3 is 2.50 bits per heavy atom. The van der Waals surface area contributed by atoms with Crippen LogP contribution in [0.1, 0.15) is 32.6 Å². The van der Waals surface area contributed by atoms with Gasteiger partial charge in [0.1, 0.15) is 5.75 Å². The monoisotopic (exact) mass is 343 g/mol. The molecule has 2 aliphatic rings. The molecule has 1 aliphatic carbocycles. The van der Waals surface area contributed by atoms with E-state index < -0.39 is 12.0 Å². The zero-order valence-corrected chi connectivity index (χ0v) is 13.3. The number of nitrogens with zero attached hydrogens (tertiary/aromatic N) is 1. The third kappa shape index (κ3) is 3.36.